The van der Waals surface area contributed by atoms with E-state index < -0.39 is 0 Å². The van der Waals surface area contributed by atoms with Crippen molar-refractivity contribution in [3.63, 3.8) is 0 Å². The SMILES string of the molecule is CCc1nsc(-c2ccc(C)c(N)c2)n1. The van der Waals surface area contributed by atoms with Crippen molar-refractivity contribution in [3.05, 3.63) is 29.6 Å². The summed E-state index contributed by atoms with van der Waals surface area (Å²) in [4.78, 5) is 4.42. The highest BCUT2D eigenvalue weighted by Crippen LogP contribution is 2.25. The van der Waals surface area contributed by atoms with Crippen molar-refractivity contribution < 1.29 is 0 Å². The summed E-state index contributed by atoms with van der Waals surface area (Å²) < 4.78 is 4.25. The molecule has 0 unspecified atom stereocenters. The maximum atomic E-state index is 5.85. The molecule has 0 radical (unpaired) electrons. The van der Waals surface area contributed by atoms with E-state index in [2.05, 4.69) is 16.3 Å². The zero-order valence-electron chi connectivity index (χ0n) is 8.82. The smallest absolute Gasteiger partial charge is 0.144 e. The Labute approximate surface area is 93.1 Å². The number of anilines is 1. The minimum absolute atomic E-state index is 0.806. The van der Waals surface area contributed by atoms with Crippen LogP contribution in [0.25, 0.3) is 10.6 Å². The Hall–Kier alpha value is -1.42. The summed E-state index contributed by atoms with van der Waals surface area (Å²) in [5, 5.41) is 0.943. The van der Waals surface area contributed by atoms with Crippen LogP contribution in [0.5, 0.6) is 0 Å². The molecule has 0 amide bonds. The maximum Gasteiger partial charge on any atom is 0.144 e. The molecule has 0 aliphatic rings. The van der Waals surface area contributed by atoms with Crippen LogP contribution in [0.2, 0.25) is 0 Å². The summed E-state index contributed by atoms with van der Waals surface area (Å²) in [6, 6.07) is 6.00. The van der Waals surface area contributed by atoms with Gasteiger partial charge in [0.1, 0.15) is 10.8 Å². The number of hydrogen-bond donors (Lipinski definition) is 1. The normalized spacial score (nSPS) is 10.5. The molecular weight excluding hydrogens is 206 g/mol. The van der Waals surface area contributed by atoms with E-state index in [-0.39, 0.29) is 0 Å². The Morgan fingerprint density at radius 2 is 2.20 bits per heavy atom. The minimum Gasteiger partial charge on any atom is -0.398 e. The maximum absolute atomic E-state index is 5.85. The van der Waals surface area contributed by atoms with Gasteiger partial charge in [-0.2, -0.15) is 4.37 Å². The second-order valence-corrected chi connectivity index (χ2v) is 4.19. The number of nitrogens with two attached hydrogens (primary N) is 1. The van der Waals surface area contributed by atoms with Crippen molar-refractivity contribution in [1.82, 2.24) is 9.36 Å². The molecule has 78 valence electrons. The first kappa shape index (κ1) is 10.1. The minimum atomic E-state index is 0.806. The fourth-order valence-corrected chi connectivity index (χ4v) is 2.03. The van der Waals surface area contributed by atoms with E-state index in [1.807, 2.05) is 25.1 Å². The Morgan fingerprint density at radius 1 is 1.40 bits per heavy atom. The van der Waals surface area contributed by atoms with Crippen molar-refractivity contribution in [3.8, 4) is 10.6 Å². The number of aromatic nitrogens is 2. The number of rotatable bonds is 2. The lowest BCUT2D eigenvalue weighted by Gasteiger charge is -2.01. The fraction of sp³-hybridized carbons (Fsp3) is 0.273. The molecule has 0 saturated carbocycles. The van der Waals surface area contributed by atoms with Crippen LogP contribution >= 0.6 is 11.5 Å². The van der Waals surface area contributed by atoms with Gasteiger partial charge in [-0.25, -0.2) is 4.98 Å². The summed E-state index contributed by atoms with van der Waals surface area (Å²) in [5.74, 6) is 0.897. The standard InChI is InChI=1S/C11H13N3S/c1-3-10-13-11(15-14-10)8-5-4-7(2)9(12)6-8/h4-6H,3,12H2,1-2H3. The third-order valence-corrected chi connectivity index (χ3v) is 3.11. The molecule has 0 atom stereocenters. The van der Waals surface area contributed by atoms with E-state index in [0.717, 1.165) is 34.1 Å². The average molecular weight is 219 g/mol. The Bertz CT molecular complexity index is 476. The summed E-state index contributed by atoms with van der Waals surface area (Å²) in [7, 11) is 0. The highest BCUT2D eigenvalue weighted by Gasteiger charge is 2.06. The quantitative estimate of drug-likeness (QED) is 0.790. The molecule has 0 bridgehead atoms. The van der Waals surface area contributed by atoms with Gasteiger partial charge in [0.15, 0.2) is 0 Å². The van der Waals surface area contributed by atoms with Gasteiger partial charge in [-0.15, -0.1) is 0 Å². The van der Waals surface area contributed by atoms with Gasteiger partial charge in [0.25, 0.3) is 0 Å². The molecule has 15 heavy (non-hydrogen) atoms. The average Bonchev–Trinajstić information content (AvgIpc) is 2.70. The van der Waals surface area contributed by atoms with Gasteiger partial charge < -0.3 is 5.73 Å². The van der Waals surface area contributed by atoms with Crippen LogP contribution in [0.4, 0.5) is 5.69 Å². The fourth-order valence-electron chi connectivity index (χ4n) is 1.29. The van der Waals surface area contributed by atoms with Gasteiger partial charge in [0, 0.05) is 17.7 Å². The predicted molar refractivity (Wildman–Crippen MR) is 63.9 cm³/mol. The third kappa shape index (κ3) is 1.99. The van der Waals surface area contributed by atoms with Crippen molar-refractivity contribution in [1.29, 1.82) is 0 Å². The summed E-state index contributed by atoms with van der Waals surface area (Å²) in [6.45, 7) is 4.05. The number of nitrogen functional groups attached to an aromatic ring is 1. The van der Waals surface area contributed by atoms with Gasteiger partial charge in [0.05, 0.1) is 0 Å². The van der Waals surface area contributed by atoms with E-state index in [1.54, 1.807) is 0 Å². The van der Waals surface area contributed by atoms with Gasteiger partial charge in [-0.3, -0.25) is 0 Å². The summed E-state index contributed by atoms with van der Waals surface area (Å²) >= 11 is 1.43. The molecule has 2 rings (SSSR count). The highest BCUT2D eigenvalue weighted by molar-refractivity contribution is 7.09. The van der Waals surface area contributed by atoms with E-state index in [9.17, 15) is 0 Å². The zero-order chi connectivity index (χ0) is 10.8. The van der Waals surface area contributed by atoms with Crippen LogP contribution in [0.3, 0.4) is 0 Å². The molecule has 4 heteroatoms. The molecule has 1 heterocycles. The number of aryl methyl sites for hydroxylation is 2. The monoisotopic (exact) mass is 219 g/mol. The van der Waals surface area contributed by atoms with Crippen LogP contribution in [0.1, 0.15) is 18.3 Å². The third-order valence-electron chi connectivity index (χ3n) is 2.31. The van der Waals surface area contributed by atoms with Crippen molar-refractivity contribution in [2.75, 3.05) is 5.73 Å². The molecule has 1 aromatic carbocycles. The second kappa shape index (κ2) is 3.98. The molecule has 0 spiro atoms. The zero-order valence-corrected chi connectivity index (χ0v) is 9.64. The lowest BCUT2D eigenvalue weighted by atomic mass is 10.1. The number of nitrogens with zero attached hydrogens (tertiary/aromatic N) is 2. The van der Waals surface area contributed by atoms with E-state index in [1.165, 1.54) is 11.5 Å². The molecule has 0 fully saturated rings. The Balaban J connectivity index is 2.40. The second-order valence-electron chi connectivity index (χ2n) is 3.44. The molecule has 2 aromatic rings. The van der Waals surface area contributed by atoms with Gasteiger partial charge in [0.2, 0.25) is 0 Å². The molecule has 0 saturated heterocycles. The van der Waals surface area contributed by atoms with Crippen molar-refractivity contribution >= 4 is 17.2 Å². The summed E-state index contributed by atoms with van der Waals surface area (Å²) in [6.07, 6.45) is 0.873. The highest BCUT2D eigenvalue weighted by atomic mass is 32.1. The number of hydrogen-bond acceptors (Lipinski definition) is 4. The Morgan fingerprint density at radius 3 is 2.80 bits per heavy atom. The van der Waals surface area contributed by atoms with Gasteiger partial charge in [-0.1, -0.05) is 19.1 Å². The van der Waals surface area contributed by atoms with Gasteiger partial charge >= 0.3 is 0 Å². The molecule has 1 aromatic heterocycles. The molecular formula is C11H13N3S. The number of benzene rings is 1. The van der Waals surface area contributed by atoms with Crippen LogP contribution < -0.4 is 5.73 Å². The molecule has 0 aliphatic heterocycles. The Kier molecular flexibility index (Phi) is 2.68. The molecule has 2 N–H and O–H groups in total. The topological polar surface area (TPSA) is 51.8 Å². The van der Waals surface area contributed by atoms with E-state index >= 15 is 0 Å². The van der Waals surface area contributed by atoms with E-state index in [4.69, 9.17) is 5.73 Å². The van der Waals surface area contributed by atoms with Crippen LogP contribution in [0, 0.1) is 6.92 Å². The van der Waals surface area contributed by atoms with Gasteiger partial charge in [-0.05, 0) is 30.1 Å². The van der Waals surface area contributed by atoms with Crippen molar-refractivity contribution in [2.45, 2.75) is 20.3 Å². The van der Waals surface area contributed by atoms with E-state index in [0.29, 0.717) is 0 Å². The molecule has 0 aliphatic carbocycles. The lowest BCUT2D eigenvalue weighted by Crippen LogP contribution is -1.90. The summed E-state index contributed by atoms with van der Waals surface area (Å²) in [5.41, 5.74) is 8.81. The first-order valence-electron chi connectivity index (χ1n) is 4.89. The first-order chi connectivity index (χ1) is 7.20. The lowest BCUT2D eigenvalue weighted by molar-refractivity contribution is 1.00. The van der Waals surface area contributed by atoms with Crippen LogP contribution in [0.15, 0.2) is 18.2 Å². The van der Waals surface area contributed by atoms with Crippen LogP contribution in [-0.4, -0.2) is 9.36 Å². The van der Waals surface area contributed by atoms with Crippen molar-refractivity contribution in [2.24, 2.45) is 0 Å². The predicted octanol–water partition coefficient (Wildman–Crippen LogP) is 2.66. The largest absolute Gasteiger partial charge is 0.398 e. The molecule has 3 nitrogen and oxygen atoms in total. The van der Waals surface area contributed by atoms with Crippen LogP contribution in [-0.2, 0) is 6.42 Å². The first-order valence-corrected chi connectivity index (χ1v) is 5.67.